The summed E-state index contributed by atoms with van der Waals surface area (Å²) in [6, 6.07) is 0. The average Bonchev–Trinajstić information content (AvgIpc) is 2.68. The molecule has 0 aromatic rings. The quantitative estimate of drug-likeness (QED) is 0.689. The van der Waals surface area contributed by atoms with Crippen molar-refractivity contribution in [3.05, 3.63) is 0 Å². The van der Waals surface area contributed by atoms with E-state index < -0.39 is 0 Å². The van der Waals surface area contributed by atoms with Crippen LogP contribution in [0.3, 0.4) is 0 Å². The molecular weight excluding hydrogens is 216 g/mol. The van der Waals surface area contributed by atoms with Gasteiger partial charge in [-0.05, 0) is 25.9 Å². The summed E-state index contributed by atoms with van der Waals surface area (Å²) in [7, 11) is 0. The lowest BCUT2D eigenvalue weighted by Crippen LogP contribution is -2.37. The number of aliphatic hydroxyl groups excluding tert-OH is 1. The van der Waals surface area contributed by atoms with E-state index in [2.05, 4.69) is 18.7 Å². The minimum atomic E-state index is 0.135. The first-order valence-electron chi connectivity index (χ1n) is 6.82. The van der Waals surface area contributed by atoms with Crippen LogP contribution in [0.4, 0.5) is 0 Å². The summed E-state index contributed by atoms with van der Waals surface area (Å²) in [6.07, 6.45) is 2.85. The molecule has 1 N–H and O–H groups in total. The Balaban J connectivity index is 2.30. The fraction of sp³-hybridized carbons (Fsp3) is 0.923. The Labute approximate surface area is 105 Å². The molecule has 0 saturated carbocycles. The molecule has 100 valence electrons. The Morgan fingerprint density at radius 1 is 1.29 bits per heavy atom. The van der Waals surface area contributed by atoms with Crippen LogP contribution in [-0.4, -0.2) is 60.1 Å². The van der Waals surface area contributed by atoms with Crippen molar-refractivity contribution < 1.29 is 9.90 Å². The van der Waals surface area contributed by atoms with Gasteiger partial charge in [-0.2, -0.15) is 0 Å². The topological polar surface area (TPSA) is 43.8 Å². The van der Waals surface area contributed by atoms with Crippen LogP contribution in [-0.2, 0) is 4.79 Å². The van der Waals surface area contributed by atoms with Crippen molar-refractivity contribution in [3.63, 3.8) is 0 Å². The molecule has 1 aliphatic heterocycles. The number of aliphatic hydroxyl groups is 1. The van der Waals surface area contributed by atoms with E-state index in [-0.39, 0.29) is 18.4 Å². The predicted octanol–water partition coefficient (Wildman–Crippen LogP) is 0.949. The lowest BCUT2D eigenvalue weighted by atomic mass is 10.1. The van der Waals surface area contributed by atoms with Crippen molar-refractivity contribution in [1.29, 1.82) is 0 Å². The Bertz CT molecular complexity index is 227. The molecule has 1 aliphatic rings. The first-order chi connectivity index (χ1) is 8.21. The zero-order valence-electron chi connectivity index (χ0n) is 11.2. The summed E-state index contributed by atoms with van der Waals surface area (Å²) in [5, 5.41) is 9.06. The van der Waals surface area contributed by atoms with E-state index in [0.717, 1.165) is 45.6 Å². The van der Waals surface area contributed by atoms with Gasteiger partial charge in [-0.3, -0.25) is 4.79 Å². The van der Waals surface area contributed by atoms with Crippen LogP contribution in [0.15, 0.2) is 0 Å². The lowest BCUT2D eigenvalue weighted by Gasteiger charge is -2.24. The van der Waals surface area contributed by atoms with E-state index in [0.29, 0.717) is 6.42 Å². The van der Waals surface area contributed by atoms with Gasteiger partial charge in [-0.15, -0.1) is 0 Å². The van der Waals surface area contributed by atoms with E-state index in [1.54, 1.807) is 0 Å². The number of rotatable bonds is 8. The maximum Gasteiger partial charge on any atom is 0.223 e. The predicted molar refractivity (Wildman–Crippen MR) is 68.8 cm³/mol. The summed E-state index contributed by atoms with van der Waals surface area (Å²) in [4.78, 5) is 16.0. The average molecular weight is 242 g/mol. The van der Waals surface area contributed by atoms with Gasteiger partial charge in [0.05, 0.1) is 0 Å². The molecule has 4 nitrogen and oxygen atoms in total. The van der Waals surface area contributed by atoms with Gasteiger partial charge in [-0.25, -0.2) is 0 Å². The molecule has 1 unspecified atom stereocenters. The number of hydrogen-bond acceptors (Lipinski definition) is 3. The fourth-order valence-electron chi connectivity index (χ4n) is 2.42. The van der Waals surface area contributed by atoms with Gasteiger partial charge >= 0.3 is 0 Å². The molecule has 1 amide bonds. The molecule has 1 fully saturated rings. The summed E-state index contributed by atoms with van der Waals surface area (Å²) in [6.45, 7) is 9.24. The number of nitrogens with zero attached hydrogens (tertiary/aromatic N) is 2. The van der Waals surface area contributed by atoms with Crippen LogP contribution in [0.25, 0.3) is 0 Å². The van der Waals surface area contributed by atoms with Crippen LogP contribution in [0, 0.1) is 5.92 Å². The Kier molecular flexibility index (Phi) is 6.52. The highest BCUT2D eigenvalue weighted by atomic mass is 16.3. The van der Waals surface area contributed by atoms with Gasteiger partial charge in [0, 0.05) is 38.6 Å². The largest absolute Gasteiger partial charge is 0.396 e. The van der Waals surface area contributed by atoms with Crippen molar-refractivity contribution in [2.45, 2.75) is 33.1 Å². The monoisotopic (exact) mass is 242 g/mol. The Morgan fingerprint density at radius 3 is 2.41 bits per heavy atom. The van der Waals surface area contributed by atoms with E-state index in [9.17, 15) is 4.79 Å². The molecule has 4 heteroatoms. The number of likely N-dealkylation sites (tertiary alicyclic amines) is 1. The molecule has 1 saturated heterocycles. The Morgan fingerprint density at radius 2 is 1.94 bits per heavy atom. The molecule has 0 radical (unpaired) electrons. The first kappa shape index (κ1) is 14.5. The third kappa shape index (κ3) is 4.64. The highest BCUT2D eigenvalue weighted by Crippen LogP contribution is 2.16. The van der Waals surface area contributed by atoms with Crippen molar-refractivity contribution in [2.24, 2.45) is 5.92 Å². The first-order valence-corrected chi connectivity index (χ1v) is 6.82. The van der Waals surface area contributed by atoms with Gasteiger partial charge in [-0.1, -0.05) is 13.8 Å². The second-order valence-electron chi connectivity index (χ2n) is 4.93. The number of carbonyl (C=O) groups is 1. The van der Waals surface area contributed by atoms with Gasteiger partial charge in [0.25, 0.3) is 0 Å². The Hall–Kier alpha value is -0.610. The highest BCUT2D eigenvalue weighted by Gasteiger charge is 2.28. The van der Waals surface area contributed by atoms with E-state index >= 15 is 0 Å². The van der Waals surface area contributed by atoms with E-state index in [1.165, 1.54) is 0 Å². The fourth-order valence-corrected chi connectivity index (χ4v) is 2.42. The summed E-state index contributed by atoms with van der Waals surface area (Å²) < 4.78 is 0. The standard InChI is InChI=1S/C13H26N2O2/c1-3-5-14(6-4-2)7-8-15-10-12(11-16)9-13(15)17/h12,16H,3-11H2,1-2H3. The van der Waals surface area contributed by atoms with Crippen LogP contribution >= 0.6 is 0 Å². The maximum absolute atomic E-state index is 11.7. The minimum Gasteiger partial charge on any atom is -0.396 e. The van der Waals surface area contributed by atoms with Crippen molar-refractivity contribution in [3.8, 4) is 0 Å². The highest BCUT2D eigenvalue weighted by molar-refractivity contribution is 5.78. The smallest absolute Gasteiger partial charge is 0.223 e. The summed E-state index contributed by atoms with van der Waals surface area (Å²) in [5.41, 5.74) is 0. The van der Waals surface area contributed by atoms with E-state index in [4.69, 9.17) is 5.11 Å². The van der Waals surface area contributed by atoms with Crippen LogP contribution in [0.1, 0.15) is 33.1 Å². The SMILES string of the molecule is CCCN(CCC)CCN1CC(CO)CC1=O. The molecular formula is C13H26N2O2. The lowest BCUT2D eigenvalue weighted by molar-refractivity contribution is -0.127. The van der Waals surface area contributed by atoms with Crippen molar-refractivity contribution in [2.75, 3.05) is 39.3 Å². The van der Waals surface area contributed by atoms with Crippen LogP contribution in [0.5, 0.6) is 0 Å². The summed E-state index contributed by atoms with van der Waals surface area (Å²) >= 11 is 0. The zero-order valence-corrected chi connectivity index (χ0v) is 11.2. The molecule has 1 heterocycles. The number of carbonyl (C=O) groups excluding carboxylic acids is 1. The second kappa shape index (κ2) is 7.67. The molecule has 1 atom stereocenters. The molecule has 1 rings (SSSR count). The summed E-state index contributed by atoms with van der Waals surface area (Å²) in [5.74, 6) is 0.366. The number of hydrogen-bond donors (Lipinski definition) is 1. The van der Waals surface area contributed by atoms with Crippen LogP contribution < -0.4 is 0 Å². The van der Waals surface area contributed by atoms with Crippen LogP contribution in [0.2, 0.25) is 0 Å². The van der Waals surface area contributed by atoms with Gasteiger partial charge in [0.1, 0.15) is 0 Å². The molecule has 0 spiro atoms. The molecule has 0 aromatic heterocycles. The maximum atomic E-state index is 11.7. The third-order valence-electron chi connectivity index (χ3n) is 3.32. The zero-order chi connectivity index (χ0) is 12.7. The van der Waals surface area contributed by atoms with Crippen molar-refractivity contribution in [1.82, 2.24) is 9.80 Å². The minimum absolute atomic E-state index is 0.135. The van der Waals surface area contributed by atoms with Gasteiger partial charge < -0.3 is 14.9 Å². The second-order valence-corrected chi connectivity index (χ2v) is 4.93. The normalized spacial score (nSPS) is 20.6. The van der Waals surface area contributed by atoms with Gasteiger partial charge in [0.2, 0.25) is 5.91 Å². The number of amides is 1. The van der Waals surface area contributed by atoms with Gasteiger partial charge in [0.15, 0.2) is 0 Å². The van der Waals surface area contributed by atoms with E-state index in [1.807, 2.05) is 4.90 Å². The molecule has 0 bridgehead atoms. The molecule has 0 aliphatic carbocycles. The molecule has 17 heavy (non-hydrogen) atoms. The molecule has 0 aromatic carbocycles. The third-order valence-corrected chi connectivity index (χ3v) is 3.32. The van der Waals surface area contributed by atoms with Crippen molar-refractivity contribution >= 4 is 5.91 Å².